The molecule has 0 aliphatic heterocycles. The molecule has 222 valence electrons. The molecule has 9 rings (SSSR count). The predicted octanol–water partition coefficient (Wildman–Crippen LogP) is 10.4. The summed E-state index contributed by atoms with van der Waals surface area (Å²) in [5, 5.41) is 8.29. The van der Waals surface area contributed by atoms with Crippen LogP contribution in [0.15, 0.2) is 168 Å². The van der Waals surface area contributed by atoms with Gasteiger partial charge in [0.25, 0.3) is 0 Å². The maximum atomic E-state index is 13.7. The van der Waals surface area contributed by atoms with Crippen molar-refractivity contribution in [3.63, 3.8) is 0 Å². The number of nitrogens with zero attached hydrogens (tertiary/aromatic N) is 2. The van der Waals surface area contributed by atoms with Gasteiger partial charge in [0.15, 0.2) is 0 Å². The van der Waals surface area contributed by atoms with Gasteiger partial charge in [0.2, 0.25) is 9.84 Å². The molecule has 0 N–H and O–H groups in total. The summed E-state index contributed by atoms with van der Waals surface area (Å²) in [7, 11) is -3.73. The van der Waals surface area contributed by atoms with Crippen LogP contribution in [0.3, 0.4) is 0 Å². The van der Waals surface area contributed by atoms with Crippen LogP contribution < -0.4 is 0 Å². The lowest BCUT2D eigenvalue weighted by Gasteiger charge is -2.17. The van der Waals surface area contributed by atoms with Gasteiger partial charge in [-0.15, -0.1) is 0 Å². The van der Waals surface area contributed by atoms with Gasteiger partial charge in [0, 0.05) is 33.5 Å². The van der Waals surface area contributed by atoms with Crippen LogP contribution in [-0.2, 0) is 9.84 Å². The first-order valence-electron chi connectivity index (χ1n) is 15.5. The second kappa shape index (κ2) is 10.6. The van der Waals surface area contributed by atoms with Gasteiger partial charge in [0.05, 0.1) is 26.5 Å². The van der Waals surface area contributed by atoms with Gasteiger partial charge in [-0.2, -0.15) is 0 Å². The van der Waals surface area contributed by atoms with Crippen LogP contribution >= 0.6 is 0 Å². The molecule has 0 aliphatic rings. The normalized spacial score (nSPS) is 12.0. The number of fused-ring (bicyclic) bond motifs is 9. The van der Waals surface area contributed by atoms with Crippen molar-refractivity contribution < 1.29 is 8.42 Å². The number of hydrogen-bond donors (Lipinski definition) is 0. The van der Waals surface area contributed by atoms with Gasteiger partial charge in [0.1, 0.15) is 0 Å². The van der Waals surface area contributed by atoms with E-state index in [1.807, 2.05) is 60.8 Å². The molecule has 47 heavy (non-hydrogen) atoms. The first kappa shape index (κ1) is 27.4. The Morgan fingerprint density at radius 3 is 1.70 bits per heavy atom. The Balaban J connectivity index is 1.35. The summed E-state index contributed by atoms with van der Waals surface area (Å²) in [5.41, 5.74) is 5.31. The molecule has 9 aromatic rings. The maximum Gasteiger partial charge on any atom is 0.207 e. The summed E-state index contributed by atoms with van der Waals surface area (Å²) in [6, 6.07) is 49.3. The van der Waals surface area contributed by atoms with Crippen molar-refractivity contribution in [2.45, 2.75) is 9.79 Å². The van der Waals surface area contributed by atoms with Gasteiger partial charge >= 0.3 is 0 Å². The molecule has 7 aromatic carbocycles. The molecule has 0 atom stereocenters. The summed E-state index contributed by atoms with van der Waals surface area (Å²) >= 11 is 0. The van der Waals surface area contributed by atoms with Crippen molar-refractivity contribution in [3.05, 3.63) is 158 Å². The molecule has 2 heterocycles. The topological polar surface area (TPSA) is 59.9 Å². The molecule has 0 amide bonds. The third-order valence-electron chi connectivity index (χ3n) is 9.09. The SMILES string of the molecule is O=S(=O)(c1ccccc1)c1ccc(-c2cnc3c(c2)nc(-c2ccccc2)c2c4ccccc4c4ccccc4c32)c2ccccc12. The molecular weight excluding hydrogens is 597 g/mol. The minimum atomic E-state index is -3.73. The van der Waals surface area contributed by atoms with Gasteiger partial charge in [-0.05, 0) is 56.8 Å². The Hall–Kier alpha value is -5.91. The first-order chi connectivity index (χ1) is 23.1. The predicted molar refractivity (Wildman–Crippen MR) is 192 cm³/mol. The zero-order chi connectivity index (χ0) is 31.5. The van der Waals surface area contributed by atoms with Crippen LogP contribution in [0.2, 0.25) is 0 Å². The molecule has 5 heteroatoms. The standard InChI is InChI=1S/C42H26N2O2S/c45-47(46,29-15-5-2-6-16-29)38-24-23-30(31-17-7-10-20-34(31)38)28-25-37-42(43-26-28)40-36-22-12-9-19-33(36)32-18-8-11-21-35(32)39(40)41(44-37)27-13-3-1-4-14-27/h1-26H. The Labute approximate surface area is 271 Å². The lowest BCUT2D eigenvalue weighted by atomic mass is 9.91. The molecule has 4 nitrogen and oxygen atoms in total. The van der Waals surface area contributed by atoms with E-state index >= 15 is 0 Å². The molecule has 0 saturated heterocycles. The Morgan fingerprint density at radius 2 is 1.02 bits per heavy atom. The summed E-state index contributed by atoms with van der Waals surface area (Å²) < 4.78 is 27.5. The summed E-state index contributed by atoms with van der Waals surface area (Å²) in [6.45, 7) is 0. The molecule has 0 spiro atoms. The number of hydrogen-bond acceptors (Lipinski definition) is 4. The highest BCUT2D eigenvalue weighted by molar-refractivity contribution is 7.91. The van der Waals surface area contributed by atoms with E-state index < -0.39 is 9.84 Å². The van der Waals surface area contributed by atoms with Gasteiger partial charge in [-0.1, -0.05) is 127 Å². The fourth-order valence-corrected chi connectivity index (χ4v) is 8.46. The minimum absolute atomic E-state index is 0.273. The third kappa shape index (κ3) is 4.24. The number of aromatic nitrogens is 2. The highest BCUT2D eigenvalue weighted by Gasteiger charge is 2.23. The van der Waals surface area contributed by atoms with Crippen molar-refractivity contribution in [1.82, 2.24) is 9.97 Å². The van der Waals surface area contributed by atoms with E-state index in [2.05, 4.69) is 66.7 Å². The van der Waals surface area contributed by atoms with Crippen molar-refractivity contribution in [1.29, 1.82) is 0 Å². The summed E-state index contributed by atoms with van der Waals surface area (Å²) in [6.07, 6.45) is 1.89. The van der Waals surface area contributed by atoms with Crippen LogP contribution in [0.25, 0.3) is 76.5 Å². The summed E-state index contributed by atoms with van der Waals surface area (Å²) in [5.74, 6) is 0. The molecule has 0 radical (unpaired) electrons. The van der Waals surface area contributed by atoms with Crippen molar-refractivity contribution in [2.75, 3.05) is 0 Å². The second-order valence-electron chi connectivity index (χ2n) is 11.7. The number of pyridine rings is 2. The number of benzene rings is 7. The van der Waals surface area contributed by atoms with E-state index in [9.17, 15) is 8.42 Å². The lowest BCUT2D eigenvalue weighted by Crippen LogP contribution is -2.03. The van der Waals surface area contributed by atoms with E-state index in [0.29, 0.717) is 5.39 Å². The van der Waals surface area contributed by atoms with Crippen molar-refractivity contribution >= 4 is 64.0 Å². The smallest absolute Gasteiger partial charge is 0.207 e. The quantitative estimate of drug-likeness (QED) is 0.183. The Morgan fingerprint density at radius 1 is 0.468 bits per heavy atom. The zero-order valence-electron chi connectivity index (χ0n) is 25.1. The lowest BCUT2D eigenvalue weighted by molar-refractivity contribution is 0.597. The van der Waals surface area contributed by atoms with Crippen molar-refractivity contribution in [3.8, 4) is 22.4 Å². The van der Waals surface area contributed by atoms with Crippen molar-refractivity contribution in [2.24, 2.45) is 0 Å². The number of rotatable bonds is 4. The fraction of sp³-hybridized carbons (Fsp3) is 0. The van der Waals surface area contributed by atoms with Crippen LogP contribution in [0.4, 0.5) is 0 Å². The molecule has 2 aromatic heterocycles. The molecule has 0 bridgehead atoms. The largest absolute Gasteiger partial charge is 0.253 e. The van der Waals surface area contributed by atoms with Crippen LogP contribution in [0.1, 0.15) is 0 Å². The van der Waals surface area contributed by atoms with Crippen LogP contribution in [-0.4, -0.2) is 18.4 Å². The Bertz CT molecular complexity index is 2800. The van der Waals surface area contributed by atoms with Crippen LogP contribution in [0.5, 0.6) is 0 Å². The van der Waals surface area contributed by atoms with E-state index in [1.165, 1.54) is 10.8 Å². The third-order valence-corrected chi connectivity index (χ3v) is 10.9. The minimum Gasteiger partial charge on any atom is -0.253 e. The maximum absolute atomic E-state index is 13.7. The molecule has 0 fully saturated rings. The zero-order valence-corrected chi connectivity index (χ0v) is 25.9. The Kier molecular flexibility index (Phi) is 6.17. The van der Waals surface area contributed by atoms with Gasteiger partial charge in [-0.25, -0.2) is 13.4 Å². The van der Waals surface area contributed by atoms with E-state index in [-0.39, 0.29) is 9.79 Å². The average molecular weight is 623 g/mol. The van der Waals surface area contributed by atoms with Gasteiger partial charge < -0.3 is 0 Å². The highest BCUT2D eigenvalue weighted by Crippen LogP contribution is 2.43. The molecular formula is C42H26N2O2S. The molecule has 0 unspecified atom stereocenters. The summed E-state index contributed by atoms with van der Waals surface area (Å²) in [4.78, 5) is 11.0. The van der Waals surface area contributed by atoms with E-state index in [1.54, 1.807) is 30.3 Å². The van der Waals surface area contributed by atoms with Crippen LogP contribution in [0, 0.1) is 0 Å². The highest BCUT2D eigenvalue weighted by atomic mass is 32.2. The van der Waals surface area contributed by atoms with E-state index in [0.717, 1.165) is 60.3 Å². The second-order valence-corrected chi connectivity index (χ2v) is 13.7. The fourth-order valence-electron chi connectivity index (χ4n) is 6.98. The molecule has 0 saturated carbocycles. The average Bonchev–Trinajstić information content (AvgIpc) is 3.14. The molecule has 0 aliphatic carbocycles. The first-order valence-corrected chi connectivity index (χ1v) is 17.0. The number of sulfone groups is 1. The monoisotopic (exact) mass is 622 g/mol. The van der Waals surface area contributed by atoms with Gasteiger partial charge in [-0.3, -0.25) is 4.98 Å². The van der Waals surface area contributed by atoms with E-state index in [4.69, 9.17) is 9.97 Å².